The summed E-state index contributed by atoms with van der Waals surface area (Å²) < 4.78 is 1.71. The van der Waals surface area contributed by atoms with Crippen LogP contribution in [0, 0.1) is 0 Å². The van der Waals surface area contributed by atoms with Crippen molar-refractivity contribution in [2.24, 2.45) is 12.9 Å². The summed E-state index contributed by atoms with van der Waals surface area (Å²) in [4.78, 5) is 0. The first-order valence-corrected chi connectivity index (χ1v) is 6.69. The molecule has 0 fully saturated rings. The van der Waals surface area contributed by atoms with E-state index in [0.717, 1.165) is 12.1 Å². The van der Waals surface area contributed by atoms with Gasteiger partial charge in [0.15, 0.2) is 0 Å². The number of hydrazine groups is 1. The van der Waals surface area contributed by atoms with Gasteiger partial charge in [0, 0.05) is 19.7 Å². The first-order chi connectivity index (χ1) is 9.26. The Bertz CT molecular complexity index is 575. The molecule has 5 nitrogen and oxygen atoms in total. The second kappa shape index (κ2) is 5.11. The second-order valence-electron chi connectivity index (χ2n) is 5.19. The molecule has 1 aliphatic carbocycles. The van der Waals surface area contributed by atoms with Gasteiger partial charge >= 0.3 is 0 Å². The minimum absolute atomic E-state index is 0.0857. The van der Waals surface area contributed by atoms with Crippen molar-refractivity contribution in [3.63, 3.8) is 0 Å². The molecule has 1 aromatic heterocycles. The molecule has 2 aromatic rings. The Kier molecular flexibility index (Phi) is 3.31. The van der Waals surface area contributed by atoms with Crippen LogP contribution in [-0.4, -0.2) is 15.0 Å². The summed E-state index contributed by atoms with van der Waals surface area (Å²) >= 11 is 0. The summed E-state index contributed by atoms with van der Waals surface area (Å²) in [5.74, 6) is 5.70. The Morgan fingerprint density at radius 3 is 2.95 bits per heavy atom. The Labute approximate surface area is 112 Å². The third kappa shape index (κ3) is 2.52. The monoisotopic (exact) mass is 257 g/mol. The predicted octanol–water partition coefficient (Wildman–Crippen LogP) is 1.05. The molecule has 1 aromatic carbocycles. The van der Waals surface area contributed by atoms with E-state index in [9.17, 15) is 0 Å². The lowest BCUT2D eigenvalue weighted by molar-refractivity contribution is 0.545. The average Bonchev–Trinajstić information content (AvgIpc) is 3.03. The van der Waals surface area contributed by atoms with E-state index in [1.807, 2.05) is 13.2 Å². The lowest BCUT2D eigenvalue weighted by Gasteiger charge is -2.16. The van der Waals surface area contributed by atoms with Gasteiger partial charge in [-0.25, -0.2) is 0 Å². The standard InChI is InChI=1S/C14H19N5/c1-19-9-13(17-18-19)8-14(16-15)12-6-5-10-3-2-4-11(10)7-12/h5-7,9,14,16H,2-4,8,15H2,1H3. The van der Waals surface area contributed by atoms with Crippen molar-refractivity contribution in [1.82, 2.24) is 20.4 Å². The fourth-order valence-electron chi connectivity index (χ4n) is 2.78. The molecule has 0 amide bonds. The van der Waals surface area contributed by atoms with E-state index in [1.165, 1.54) is 36.0 Å². The molecule has 0 spiro atoms. The van der Waals surface area contributed by atoms with Crippen molar-refractivity contribution >= 4 is 0 Å². The first kappa shape index (κ1) is 12.3. The highest BCUT2D eigenvalue weighted by atomic mass is 15.4. The van der Waals surface area contributed by atoms with Crippen LogP contribution in [0.5, 0.6) is 0 Å². The molecule has 1 aliphatic rings. The van der Waals surface area contributed by atoms with Gasteiger partial charge in [-0.3, -0.25) is 16.0 Å². The lowest BCUT2D eigenvalue weighted by atomic mass is 9.98. The minimum atomic E-state index is 0.0857. The molecule has 0 bridgehead atoms. The number of hydrogen-bond donors (Lipinski definition) is 2. The molecule has 3 N–H and O–H groups in total. The number of aromatic nitrogens is 3. The number of rotatable bonds is 4. The molecular formula is C14H19N5. The molecule has 0 saturated carbocycles. The molecular weight excluding hydrogens is 238 g/mol. The van der Waals surface area contributed by atoms with E-state index >= 15 is 0 Å². The minimum Gasteiger partial charge on any atom is -0.271 e. The van der Waals surface area contributed by atoms with Crippen LogP contribution >= 0.6 is 0 Å². The zero-order valence-corrected chi connectivity index (χ0v) is 11.1. The third-order valence-electron chi connectivity index (χ3n) is 3.79. The van der Waals surface area contributed by atoms with Gasteiger partial charge in [-0.2, -0.15) is 0 Å². The van der Waals surface area contributed by atoms with E-state index in [0.29, 0.717) is 0 Å². The number of nitrogens with zero attached hydrogens (tertiary/aromatic N) is 3. The van der Waals surface area contributed by atoms with Gasteiger partial charge in [-0.1, -0.05) is 23.4 Å². The topological polar surface area (TPSA) is 68.8 Å². The van der Waals surface area contributed by atoms with Crippen LogP contribution in [-0.2, 0) is 26.3 Å². The van der Waals surface area contributed by atoms with Crippen LogP contribution in [0.4, 0.5) is 0 Å². The van der Waals surface area contributed by atoms with Crippen LogP contribution in [0.1, 0.15) is 34.8 Å². The average molecular weight is 257 g/mol. The van der Waals surface area contributed by atoms with Gasteiger partial charge < -0.3 is 0 Å². The molecule has 100 valence electrons. The fraction of sp³-hybridized carbons (Fsp3) is 0.429. The Morgan fingerprint density at radius 1 is 1.37 bits per heavy atom. The van der Waals surface area contributed by atoms with Crippen molar-refractivity contribution in [2.75, 3.05) is 0 Å². The highest BCUT2D eigenvalue weighted by Gasteiger charge is 2.16. The zero-order valence-electron chi connectivity index (χ0n) is 11.1. The predicted molar refractivity (Wildman–Crippen MR) is 73.2 cm³/mol. The van der Waals surface area contributed by atoms with Crippen LogP contribution in [0.2, 0.25) is 0 Å². The molecule has 0 radical (unpaired) electrons. The van der Waals surface area contributed by atoms with E-state index in [2.05, 4.69) is 33.9 Å². The number of nitrogens with one attached hydrogen (secondary N) is 1. The van der Waals surface area contributed by atoms with Gasteiger partial charge in [0.1, 0.15) is 0 Å². The molecule has 1 atom stereocenters. The number of hydrogen-bond acceptors (Lipinski definition) is 4. The summed E-state index contributed by atoms with van der Waals surface area (Å²) in [5.41, 5.74) is 8.03. The number of benzene rings is 1. The number of aryl methyl sites for hydroxylation is 3. The van der Waals surface area contributed by atoms with E-state index in [-0.39, 0.29) is 6.04 Å². The summed E-state index contributed by atoms with van der Waals surface area (Å²) in [6.45, 7) is 0. The normalized spacial score (nSPS) is 15.5. The summed E-state index contributed by atoms with van der Waals surface area (Å²) in [6.07, 6.45) is 6.34. The van der Waals surface area contributed by atoms with Crippen molar-refractivity contribution < 1.29 is 0 Å². The molecule has 19 heavy (non-hydrogen) atoms. The summed E-state index contributed by atoms with van der Waals surface area (Å²) in [5, 5.41) is 8.07. The maximum absolute atomic E-state index is 5.70. The molecule has 0 saturated heterocycles. The molecule has 1 heterocycles. The van der Waals surface area contributed by atoms with Gasteiger partial charge in [0.2, 0.25) is 0 Å². The Balaban J connectivity index is 1.82. The first-order valence-electron chi connectivity index (χ1n) is 6.69. The van der Waals surface area contributed by atoms with Gasteiger partial charge in [-0.05, 0) is 36.0 Å². The molecule has 1 unspecified atom stereocenters. The van der Waals surface area contributed by atoms with Crippen LogP contribution in [0.3, 0.4) is 0 Å². The number of fused-ring (bicyclic) bond motifs is 1. The largest absolute Gasteiger partial charge is 0.271 e. The molecule has 5 heteroatoms. The maximum Gasteiger partial charge on any atom is 0.0846 e. The Hall–Kier alpha value is -1.72. The van der Waals surface area contributed by atoms with Crippen molar-refractivity contribution in [2.45, 2.75) is 31.7 Å². The van der Waals surface area contributed by atoms with Crippen molar-refractivity contribution in [3.8, 4) is 0 Å². The highest BCUT2D eigenvalue weighted by molar-refractivity contribution is 5.36. The van der Waals surface area contributed by atoms with E-state index in [1.54, 1.807) is 4.68 Å². The van der Waals surface area contributed by atoms with Crippen molar-refractivity contribution in [1.29, 1.82) is 0 Å². The lowest BCUT2D eigenvalue weighted by Crippen LogP contribution is -2.29. The van der Waals surface area contributed by atoms with Gasteiger partial charge in [0.05, 0.1) is 11.7 Å². The van der Waals surface area contributed by atoms with E-state index in [4.69, 9.17) is 5.84 Å². The highest BCUT2D eigenvalue weighted by Crippen LogP contribution is 2.26. The summed E-state index contributed by atoms with van der Waals surface area (Å²) in [6, 6.07) is 6.77. The Morgan fingerprint density at radius 2 is 2.21 bits per heavy atom. The third-order valence-corrected chi connectivity index (χ3v) is 3.79. The molecule has 3 rings (SSSR count). The van der Waals surface area contributed by atoms with Crippen LogP contribution < -0.4 is 11.3 Å². The molecule has 0 aliphatic heterocycles. The van der Waals surface area contributed by atoms with Crippen LogP contribution in [0.15, 0.2) is 24.4 Å². The quantitative estimate of drug-likeness (QED) is 0.634. The SMILES string of the molecule is Cn1cc(CC(NN)c2ccc3c(c2)CCC3)nn1. The van der Waals surface area contributed by atoms with Gasteiger partial charge in [0.25, 0.3) is 0 Å². The number of nitrogens with two attached hydrogens (primary N) is 1. The van der Waals surface area contributed by atoms with Crippen LogP contribution in [0.25, 0.3) is 0 Å². The fourth-order valence-corrected chi connectivity index (χ4v) is 2.78. The smallest absolute Gasteiger partial charge is 0.0846 e. The van der Waals surface area contributed by atoms with E-state index < -0.39 is 0 Å². The summed E-state index contributed by atoms with van der Waals surface area (Å²) in [7, 11) is 1.87. The maximum atomic E-state index is 5.70. The van der Waals surface area contributed by atoms with Crippen molar-refractivity contribution in [3.05, 3.63) is 46.8 Å². The zero-order chi connectivity index (χ0) is 13.2. The second-order valence-corrected chi connectivity index (χ2v) is 5.19. The van der Waals surface area contributed by atoms with Gasteiger partial charge in [-0.15, -0.1) is 5.10 Å².